The predicted octanol–water partition coefficient (Wildman–Crippen LogP) is 5.18. The number of amides is 1. The molecule has 2 N–H and O–H groups in total. The summed E-state index contributed by atoms with van der Waals surface area (Å²) in [5.74, 6) is -1.84. The maximum Gasteiger partial charge on any atom is 0.328 e. The summed E-state index contributed by atoms with van der Waals surface area (Å²) in [7, 11) is 1.36. The second-order valence-corrected chi connectivity index (χ2v) is 8.83. The summed E-state index contributed by atoms with van der Waals surface area (Å²) in [6, 6.07) is 15.5. The third-order valence-electron chi connectivity index (χ3n) is 5.56. The molecule has 1 amide bonds. The molecule has 7 nitrogen and oxygen atoms in total. The first-order valence-corrected chi connectivity index (χ1v) is 11.7. The van der Waals surface area contributed by atoms with Crippen LogP contribution in [0.3, 0.4) is 0 Å². The fourth-order valence-corrected chi connectivity index (χ4v) is 3.95. The van der Waals surface area contributed by atoms with Gasteiger partial charge in [-0.05, 0) is 43.5 Å². The van der Waals surface area contributed by atoms with E-state index in [1.807, 2.05) is 36.4 Å². The lowest BCUT2D eigenvalue weighted by Gasteiger charge is -2.26. The van der Waals surface area contributed by atoms with Gasteiger partial charge in [-0.2, -0.15) is 0 Å². The molecule has 0 saturated heterocycles. The molecule has 3 rings (SSSR count). The standard InChI is InChI=1S/C26H26Cl2N2O5/c1-15(30-25(32)23-24(31)22(34-3)11-12-29-23)26(33)35-16(2)19(18-7-5-4-6-8-18)13-17-9-10-20(27)21(28)14-17/h4-12,14-16,19,31H,13H2,1-3H3,(H,30,32)/t15-,16-,19-/m0/s1. The molecule has 0 aliphatic heterocycles. The fourth-order valence-electron chi connectivity index (χ4n) is 3.63. The van der Waals surface area contributed by atoms with Gasteiger partial charge in [0.2, 0.25) is 0 Å². The molecule has 9 heteroatoms. The Morgan fingerprint density at radius 2 is 1.77 bits per heavy atom. The molecule has 0 saturated carbocycles. The Bertz CT molecular complexity index is 1190. The van der Waals surface area contributed by atoms with Crippen LogP contribution in [0.1, 0.15) is 41.4 Å². The molecule has 0 bridgehead atoms. The number of carbonyl (C=O) groups is 2. The Kier molecular flexibility index (Phi) is 8.95. The van der Waals surface area contributed by atoms with Gasteiger partial charge in [-0.25, -0.2) is 9.78 Å². The first-order chi connectivity index (χ1) is 16.7. The van der Waals surface area contributed by atoms with Crippen molar-refractivity contribution in [3.63, 3.8) is 0 Å². The molecule has 35 heavy (non-hydrogen) atoms. The van der Waals surface area contributed by atoms with Crippen molar-refractivity contribution in [1.29, 1.82) is 0 Å². The van der Waals surface area contributed by atoms with E-state index in [2.05, 4.69) is 10.3 Å². The van der Waals surface area contributed by atoms with E-state index in [0.717, 1.165) is 11.1 Å². The number of hydrogen-bond donors (Lipinski definition) is 2. The summed E-state index contributed by atoms with van der Waals surface area (Å²) in [4.78, 5) is 29.3. The number of ether oxygens (including phenoxy) is 2. The third-order valence-corrected chi connectivity index (χ3v) is 6.30. The molecular formula is C26H26Cl2N2O5. The van der Waals surface area contributed by atoms with Crippen molar-refractivity contribution < 1.29 is 24.2 Å². The zero-order valence-electron chi connectivity index (χ0n) is 19.5. The second-order valence-electron chi connectivity index (χ2n) is 8.02. The highest BCUT2D eigenvalue weighted by Gasteiger charge is 2.28. The van der Waals surface area contributed by atoms with Gasteiger partial charge < -0.3 is 19.9 Å². The molecule has 0 unspecified atom stereocenters. The maximum atomic E-state index is 12.8. The zero-order valence-corrected chi connectivity index (χ0v) is 21.0. The highest BCUT2D eigenvalue weighted by Crippen LogP contribution is 2.30. The van der Waals surface area contributed by atoms with Gasteiger partial charge in [-0.3, -0.25) is 4.79 Å². The van der Waals surface area contributed by atoms with E-state index in [1.54, 1.807) is 19.1 Å². The number of aromatic hydroxyl groups is 1. The molecule has 0 aliphatic carbocycles. The Hall–Kier alpha value is -3.29. The average molecular weight is 517 g/mol. The Morgan fingerprint density at radius 1 is 1.06 bits per heavy atom. The summed E-state index contributed by atoms with van der Waals surface area (Å²) in [5.41, 5.74) is 1.68. The van der Waals surface area contributed by atoms with Gasteiger partial charge in [0, 0.05) is 18.2 Å². The molecule has 0 spiro atoms. The number of hydrogen-bond acceptors (Lipinski definition) is 6. The normalized spacial score (nSPS) is 13.4. The second kappa shape index (κ2) is 11.9. The minimum Gasteiger partial charge on any atom is -0.503 e. The Labute approximate surface area is 214 Å². The van der Waals surface area contributed by atoms with Gasteiger partial charge in [-0.15, -0.1) is 0 Å². The van der Waals surface area contributed by atoms with Crippen LogP contribution in [0.2, 0.25) is 10.0 Å². The van der Waals surface area contributed by atoms with Crippen LogP contribution in [-0.4, -0.2) is 41.2 Å². The Balaban J connectivity index is 1.72. The number of nitrogens with one attached hydrogen (secondary N) is 1. The molecule has 3 atom stereocenters. The van der Waals surface area contributed by atoms with E-state index in [4.69, 9.17) is 32.7 Å². The molecule has 2 aromatic carbocycles. The first kappa shape index (κ1) is 26.3. The SMILES string of the molecule is COc1ccnc(C(=O)N[C@@H](C)C(=O)O[C@@H](C)[C@H](Cc2ccc(Cl)c(Cl)c2)c2ccccc2)c1O. The Morgan fingerprint density at radius 3 is 2.43 bits per heavy atom. The van der Waals surface area contributed by atoms with Crippen LogP contribution in [0.25, 0.3) is 0 Å². The third kappa shape index (κ3) is 6.65. The largest absolute Gasteiger partial charge is 0.503 e. The number of benzene rings is 2. The molecule has 184 valence electrons. The van der Waals surface area contributed by atoms with E-state index >= 15 is 0 Å². The van der Waals surface area contributed by atoms with E-state index in [0.29, 0.717) is 16.5 Å². The smallest absolute Gasteiger partial charge is 0.328 e. The number of nitrogens with zero attached hydrogens (tertiary/aromatic N) is 1. The van der Waals surface area contributed by atoms with Crippen LogP contribution in [0.5, 0.6) is 11.5 Å². The lowest BCUT2D eigenvalue weighted by atomic mass is 9.88. The van der Waals surface area contributed by atoms with Crippen molar-refractivity contribution in [2.45, 2.75) is 38.3 Å². The average Bonchev–Trinajstić information content (AvgIpc) is 2.85. The quantitative estimate of drug-likeness (QED) is 0.380. The topological polar surface area (TPSA) is 97.8 Å². The maximum absolute atomic E-state index is 12.8. The van der Waals surface area contributed by atoms with E-state index in [-0.39, 0.29) is 17.4 Å². The van der Waals surface area contributed by atoms with Crippen molar-refractivity contribution in [2.75, 3.05) is 7.11 Å². The lowest BCUT2D eigenvalue weighted by Crippen LogP contribution is -2.41. The highest BCUT2D eigenvalue weighted by atomic mass is 35.5. The number of esters is 1. The van der Waals surface area contributed by atoms with Gasteiger partial charge in [0.1, 0.15) is 12.1 Å². The van der Waals surface area contributed by atoms with Crippen molar-refractivity contribution in [1.82, 2.24) is 10.3 Å². The van der Waals surface area contributed by atoms with Crippen LogP contribution in [0, 0.1) is 0 Å². The molecule has 0 fully saturated rings. The van der Waals surface area contributed by atoms with Crippen molar-refractivity contribution >= 4 is 35.1 Å². The van der Waals surface area contributed by atoms with E-state index in [9.17, 15) is 14.7 Å². The zero-order chi connectivity index (χ0) is 25.5. The molecule has 0 aliphatic rings. The highest BCUT2D eigenvalue weighted by molar-refractivity contribution is 6.42. The fraction of sp³-hybridized carbons (Fsp3) is 0.269. The summed E-state index contributed by atoms with van der Waals surface area (Å²) in [5, 5.41) is 13.6. The van der Waals surface area contributed by atoms with Gasteiger partial charge in [-0.1, -0.05) is 59.6 Å². The number of rotatable bonds is 9. The van der Waals surface area contributed by atoms with E-state index in [1.165, 1.54) is 26.3 Å². The van der Waals surface area contributed by atoms with Crippen molar-refractivity contribution in [3.8, 4) is 11.5 Å². The summed E-state index contributed by atoms with van der Waals surface area (Å²) in [6.07, 6.45) is 1.35. The van der Waals surface area contributed by atoms with Gasteiger partial charge in [0.25, 0.3) is 5.91 Å². The van der Waals surface area contributed by atoms with Gasteiger partial charge in [0.05, 0.1) is 17.2 Å². The molecule has 1 aromatic heterocycles. The first-order valence-electron chi connectivity index (χ1n) is 10.9. The number of pyridine rings is 1. The number of methoxy groups -OCH3 is 1. The van der Waals surface area contributed by atoms with Crippen LogP contribution < -0.4 is 10.1 Å². The molecule has 3 aromatic rings. The molecular weight excluding hydrogens is 491 g/mol. The monoisotopic (exact) mass is 516 g/mol. The van der Waals surface area contributed by atoms with Crippen LogP contribution in [-0.2, 0) is 16.0 Å². The van der Waals surface area contributed by atoms with Crippen LogP contribution >= 0.6 is 23.2 Å². The number of aromatic nitrogens is 1. The van der Waals surface area contributed by atoms with Crippen molar-refractivity contribution in [3.05, 3.63) is 87.7 Å². The lowest BCUT2D eigenvalue weighted by molar-refractivity contribution is -0.151. The molecule has 1 heterocycles. The summed E-state index contributed by atoms with van der Waals surface area (Å²) >= 11 is 12.2. The minimum atomic E-state index is -0.987. The van der Waals surface area contributed by atoms with E-state index < -0.39 is 29.8 Å². The summed E-state index contributed by atoms with van der Waals surface area (Å²) in [6.45, 7) is 3.30. The molecule has 0 radical (unpaired) electrons. The number of carbonyl (C=O) groups excluding carboxylic acids is 2. The van der Waals surface area contributed by atoms with Gasteiger partial charge in [0.15, 0.2) is 17.2 Å². The minimum absolute atomic E-state index is 0.0991. The summed E-state index contributed by atoms with van der Waals surface area (Å²) < 4.78 is 10.7. The van der Waals surface area contributed by atoms with Crippen molar-refractivity contribution in [2.24, 2.45) is 0 Å². The van der Waals surface area contributed by atoms with Gasteiger partial charge >= 0.3 is 5.97 Å². The predicted molar refractivity (Wildman–Crippen MR) is 134 cm³/mol. The van der Waals surface area contributed by atoms with Crippen LogP contribution in [0.4, 0.5) is 0 Å². The van der Waals surface area contributed by atoms with Crippen LogP contribution in [0.15, 0.2) is 60.8 Å². The number of halogens is 2.